The number of nitrogens with two attached hydrogens (primary N) is 1. The molecular weight excluding hydrogens is 346 g/mol. The highest BCUT2D eigenvalue weighted by atomic mass is 32.1. The van der Waals surface area contributed by atoms with Crippen LogP contribution in [0.15, 0.2) is 54.0 Å². The van der Waals surface area contributed by atoms with Gasteiger partial charge >= 0.3 is 0 Å². The first-order valence-electron chi connectivity index (χ1n) is 8.41. The van der Waals surface area contributed by atoms with Gasteiger partial charge in [0.15, 0.2) is 0 Å². The third-order valence-corrected chi connectivity index (χ3v) is 4.78. The number of nitrogens with zero attached hydrogens (tertiary/aromatic N) is 1. The number of nitrogen functional groups attached to an aromatic ring is 1. The van der Waals surface area contributed by atoms with Crippen molar-refractivity contribution in [3.05, 3.63) is 65.2 Å². The minimum Gasteiger partial charge on any atom is -0.493 e. The number of amides is 1. The first kappa shape index (κ1) is 17.9. The van der Waals surface area contributed by atoms with Crippen molar-refractivity contribution in [3.63, 3.8) is 0 Å². The number of benzene rings is 2. The molecule has 0 aliphatic carbocycles. The zero-order chi connectivity index (χ0) is 18.5. The van der Waals surface area contributed by atoms with Crippen LogP contribution in [0.1, 0.15) is 35.8 Å². The molecule has 1 amide bonds. The standard InChI is InChI=1S/C20H21N3O2S/c1-3-25-18-8-7-16(21)12-17(18)19(24)23-13(2)14-5-4-6-15(11-14)20-22-9-10-26-20/h4-13H,3,21H2,1-2H3,(H,23,24). The topological polar surface area (TPSA) is 77.2 Å². The first-order chi connectivity index (χ1) is 12.6. The zero-order valence-electron chi connectivity index (χ0n) is 14.7. The van der Waals surface area contributed by atoms with E-state index in [4.69, 9.17) is 10.5 Å². The number of anilines is 1. The Morgan fingerprint density at radius 2 is 2.15 bits per heavy atom. The Morgan fingerprint density at radius 3 is 2.88 bits per heavy atom. The highest BCUT2D eigenvalue weighted by Crippen LogP contribution is 2.26. The number of rotatable bonds is 6. The Kier molecular flexibility index (Phi) is 5.53. The minimum atomic E-state index is -0.215. The Balaban J connectivity index is 1.80. The van der Waals surface area contributed by atoms with E-state index >= 15 is 0 Å². The summed E-state index contributed by atoms with van der Waals surface area (Å²) in [7, 11) is 0. The summed E-state index contributed by atoms with van der Waals surface area (Å²) in [5.74, 6) is 0.316. The van der Waals surface area contributed by atoms with Crippen molar-refractivity contribution in [1.82, 2.24) is 10.3 Å². The molecule has 0 saturated heterocycles. The summed E-state index contributed by atoms with van der Waals surface area (Å²) in [4.78, 5) is 17.1. The molecular formula is C20H21N3O2S. The molecule has 0 aliphatic rings. The van der Waals surface area contributed by atoms with Crippen LogP contribution in [-0.2, 0) is 0 Å². The minimum absolute atomic E-state index is 0.168. The van der Waals surface area contributed by atoms with E-state index in [1.165, 1.54) is 0 Å². The van der Waals surface area contributed by atoms with Crippen LogP contribution >= 0.6 is 11.3 Å². The fourth-order valence-corrected chi connectivity index (χ4v) is 3.31. The second kappa shape index (κ2) is 8.01. The van der Waals surface area contributed by atoms with Crippen LogP contribution in [0, 0.1) is 0 Å². The Labute approximate surface area is 156 Å². The fraction of sp³-hybridized carbons (Fsp3) is 0.200. The average Bonchev–Trinajstić information content (AvgIpc) is 3.18. The maximum absolute atomic E-state index is 12.7. The van der Waals surface area contributed by atoms with E-state index < -0.39 is 0 Å². The quantitative estimate of drug-likeness (QED) is 0.638. The maximum atomic E-state index is 12.7. The van der Waals surface area contributed by atoms with Gasteiger partial charge < -0.3 is 15.8 Å². The second-order valence-electron chi connectivity index (χ2n) is 5.85. The lowest BCUT2D eigenvalue weighted by molar-refractivity contribution is 0.0936. The van der Waals surface area contributed by atoms with Gasteiger partial charge in [0.2, 0.25) is 0 Å². The molecule has 2 aromatic carbocycles. The number of carbonyl (C=O) groups excluding carboxylic acids is 1. The molecule has 1 heterocycles. The molecule has 26 heavy (non-hydrogen) atoms. The molecule has 3 N–H and O–H groups in total. The van der Waals surface area contributed by atoms with Crippen molar-refractivity contribution in [1.29, 1.82) is 0 Å². The number of carbonyl (C=O) groups is 1. The largest absolute Gasteiger partial charge is 0.493 e. The van der Waals surface area contributed by atoms with Gasteiger partial charge in [0.05, 0.1) is 18.2 Å². The summed E-state index contributed by atoms with van der Waals surface area (Å²) in [5, 5.41) is 5.92. The molecule has 0 radical (unpaired) electrons. The maximum Gasteiger partial charge on any atom is 0.255 e. The smallest absolute Gasteiger partial charge is 0.255 e. The predicted octanol–water partition coefficient (Wildman–Crippen LogP) is 4.28. The van der Waals surface area contributed by atoms with Gasteiger partial charge in [-0.15, -0.1) is 11.3 Å². The van der Waals surface area contributed by atoms with Gasteiger partial charge in [-0.05, 0) is 43.7 Å². The molecule has 0 fully saturated rings. The highest BCUT2D eigenvalue weighted by Gasteiger charge is 2.17. The highest BCUT2D eigenvalue weighted by molar-refractivity contribution is 7.13. The van der Waals surface area contributed by atoms with Gasteiger partial charge in [0.1, 0.15) is 10.8 Å². The molecule has 6 heteroatoms. The lowest BCUT2D eigenvalue weighted by atomic mass is 10.0. The number of aromatic nitrogens is 1. The second-order valence-corrected chi connectivity index (χ2v) is 6.74. The van der Waals surface area contributed by atoms with Gasteiger partial charge in [-0.1, -0.05) is 18.2 Å². The molecule has 0 saturated carbocycles. The Morgan fingerprint density at radius 1 is 1.31 bits per heavy atom. The average molecular weight is 367 g/mol. The van der Waals surface area contributed by atoms with Crippen LogP contribution in [0.25, 0.3) is 10.6 Å². The van der Waals surface area contributed by atoms with E-state index in [1.807, 2.05) is 43.5 Å². The molecule has 5 nitrogen and oxygen atoms in total. The third kappa shape index (κ3) is 4.03. The van der Waals surface area contributed by atoms with Crippen LogP contribution < -0.4 is 15.8 Å². The van der Waals surface area contributed by atoms with Gasteiger partial charge in [0, 0.05) is 22.8 Å². The van der Waals surface area contributed by atoms with E-state index in [2.05, 4.69) is 10.3 Å². The molecule has 1 unspecified atom stereocenters. The molecule has 0 spiro atoms. The summed E-state index contributed by atoms with van der Waals surface area (Å²) in [5.41, 5.74) is 8.85. The van der Waals surface area contributed by atoms with Crippen LogP contribution in [0.3, 0.4) is 0 Å². The van der Waals surface area contributed by atoms with E-state index in [1.54, 1.807) is 35.7 Å². The lowest BCUT2D eigenvalue weighted by Crippen LogP contribution is -2.27. The number of hydrogen-bond donors (Lipinski definition) is 2. The van der Waals surface area contributed by atoms with Crippen molar-refractivity contribution in [2.75, 3.05) is 12.3 Å². The monoisotopic (exact) mass is 367 g/mol. The van der Waals surface area contributed by atoms with Crippen molar-refractivity contribution in [2.45, 2.75) is 19.9 Å². The fourth-order valence-electron chi connectivity index (χ4n) is 2.67. The molecule has 0 aliphatic heterocycles. The van der Waals surface area contributed by atoms with Crippen molar-refractivity contribution < 1.29 is 9.53 Å². The van der Waals surface area contributed by atoms with Gasteiger partial charge in [-0.25, -0.2) is 4.98 Å². The van der Waals surface area contributed by atoms with Gasteiger partial charge in [-0.3, -0.25) is 4.79 Å². The van der Waals surface area contributed by atoms with E-state index in [9.17, 15) is 4.79 Å². The summed E-state index contributed by atoms with van der Waals surface area (Å²) >= 11 is 1.59. The molecule has 0 bridgehead atoms. The van der Waals surface area contributed by atoms with Crippen LogP contribution in [0.2, 0.25) is 0 Å². The van der Waals surface area contributed by atoms with Crippen molar-refractivity contribution in [3.8, 4) is 16.3 Å². The number of ether oxygens (including phenoxy) is 1. The molecule has 1 atom stereocenters. The Bertz CT molecular complexity index is 894. The van der Waals surface area contributed by atoms with Crippen LogP contribution in [0.5, 0.6) is 5.75 Å². The first-order valence-corrected chi connectivity index (χ1v) is 9.29. The third-order valence-electron chi connectivity index (χ3n) is 3.96. The van der Waals surface area contributed by atoms with Crippen molar-refractivity contribution >= 4 is 22.9 Å². The summed E-state index contributed by atoms with van der Waals surface area (Å²) in [6, 6.07) is 12.9. The predicted molar refractivity (Wildman–Crippen MR) is 105 cm³/mol. The molecule has 3 aromatic rings. The molecule has 1 aromatic heterocycles. The zero-order valence-corrected chi connectivity index (χ0v) is 15.5. The SMILES string of the molecule is CCOc1ccc(N)cc1C(=O)NC(C)c1cccc(-c2nccs2)c1. The van der Waals surface area contributed by atoms with Gasteiger partial charge in [-0.2, -0.15) is 0 Å². The molecule has 134 valence electrons. The van der Waals surface area contributed by atoms with Crippen LogP contribution in [-0.4, -0.2) is 17.5 Å². The normalized spacial score (nSPS) is 11.8. The van der Waals surface area contributed by atoms with Crippen LogP contribution in [0.4, 0.5) is 5.69 Å². The van der Waals surface area contributed by atoms with E-state index in [0.717, 1.165) is 16.1 Å². The van der Waals surface area contributed by atoms with E-state index in [0.29, 0.717) is 23.6 Å². The summed E-state index contributed by atoms with van der Waals surface area (Å²) < 4.78 is 5.55. The van der Waals surface area contributed by atoms with Crippen molar-refractivity contribution in [2.24, 2.45) is 0 Å². The van der Waals surface area contributed by atoms with Gasteiger partial charge in [0.25, 0.3) is 5.91 Å². The number of nitrogens with one attached hydrogen (secondary N) is 1. The summed E-state index contributed by atoms with van der Waals surface area (Å²) in [6.45, 7) is 4.31. The number of thiazole rings is 1. The van der Waals surface area contributed by atoms with E-state index in [-0.39, 0.29) is 11.9 Å². The lowest BCUT2D eigenvalue weighted by Gasteiger charge is -2.17. The Hall–Kier alpha value is -2.86. The molecule has 3 rings (SSSR count). The summed E-state index contributed by atoms with van der Waals surface area (Å²) in [6.07, 6.45) is 1.78. The number of hydrogen-bond acceptors (Lipinski definition) is 5.